The molecule has 0 aliphatic heterocycles. The first-order valence-electron chi connectivity index (χ1n) is 5.33. The number of ether oxygens (including phenoxy) is 1. The van der Waals surface area contributed by atoms with Gasteiger partial charge in [-0.25, -0.2) is 0 Å². The van der Waals surface area contributed by atoms with Crippen LogP contribution in [0, 0.1) is 10.7 Å². The van der Waals surface area contributed by atoms with Gasteiger partial charge < -0.3 is 4.74 Å². The van der Waals surface area contributed by atoms with Gasteiger partial charge in [-0.1, -0.05) is 26.2 Å². The molecule has 0 N–H and O–H groups in total. The predicted molar refractivity (Wildman–Crippen MR) is 62.4 cm³/mol. The highest BCUT2D eigenvalue weighted by Crippen LogP contribution is 2.22. The number of hydrogen-bond acceptors (Lipinski definition) is 4. The van der Waals surface area contributed by atoms with Crippen LogP contribution >= 0.6 is 11.8 Å². The summed E-state index contributed by atoms with van der Waals surface area (Å²) in [7, 11) is 0. The van der Waals surface area contributed by atoms with Crippen LogP contribution in [0.15, 0.2) is 0 Å². The van der Waals surface area contributed by atoms with Gasteiger partial charge in [0.1, 0.15) is 11.5 Å². The van der Waals surface area contributed by atoms with E-state index < -0.39 is 0 Å². The Labute approximate surface area is 96.2 Å². The number of unbranched alkanes of at least 4 members (excludes halogenated alkanes) is 2. The van der Waals surface area contributed by atoms with E-state index in [0.29, 0.717) is 0 Å². The average Bonchev–Trinajstić information content (AvgIpc) is 2.15. The van der Waals surface area contributed by atoms with Crippen LogP contribution in [0.25, 0.3) is 0 Å². The summed E-state index contributed by atoms with van der Waals surface area (Å²) in [4.78, 5) is 10.8. The molecule has 0 rings (SSSR count). The zero-order valence-corrected chi connectivity index (χ0v) is 10.5. The van der Waals surface area contributed by atoms with E-state index in [4.69, 9.17) is 10.00 Å². The molecule has 0 bridgehead atoms. The summed E-state index contributed by atoms with van der Waals surface area (Å²) in [6.07, 6.45) is 4.16. The van der Waals surface area contributed by atoms with Gasteiger partial charge in [0.15, 0.2) is 0 Å². The first kappa shape index (κ1) is 14.3. The zero-order valence-electron chi connectivity index (χ0n) is 9.66. The summed E-state index contributed by atoms with van der Waals surface area (Å²) in [6.45, 7) is 5.39. The van der Waals surface area contributed by atoms with Crippen molar-refractivity contribution >= 4 is 17.7 Å². The van der Waals surface area contributed by atoms with Crippen molar-refractivity contribution in [3.63, 3.8) is 0 Å². The Hall–Kier alpha value is -0.690. The molecule has 0 aromatic rings. The number of carbonyl (C=O) groups is 1. The number of nitriles is 1. The Morgan fingerprint density at radius 3 is 2.67 bits per heavy atom. The van der Waals surface area contributed by atoms with Gasteiger partial charge in [-0.3, -0.25) is 4.79 Å². The minimum Gasteiger partial charge on any atom is -0.462 e. The van der Waals surface area contributed by atoms with Crippen LogP contribution in [0.3, 0.4) is 0 Å². The second-order valence-electron chi connectivity index (χ2n) is 3.56. The standard InChI is InChI=1S/C11H19NO2S/c1-4-5-6-7-11(15-8-12)9(2)14-10(3)13/h9,11H,4-7H2,1-3H3/t9-,11+/m0/s1. The van der Waals surface area contributed by atoms with Gasteiger partial charge >= 0.3 is 5.97 Å². The summed E-state index contributed by atoms with van der Waals surface area (Å²) in [5.74, 6) is -0.276. The normalized spacial score (nSPS) is 14.0. The van der Waals surface area contributed by atoms with Gasteiger partial charge in [-0.05, 0) is 25.1 Å². The lowest BCUT2D eigenvalue weighted by atomic mass is 10.1. The molecule has 0 heterocycles. The maximum absolute atomic E-state index is 10.8. The van der Waals surface area contributed by atoms with Gasteiger partial charge in [0, 0.05) is 6.92 Å². The Kier molecular flexibility index (Phi) is 8.21. The van der Waals surface area contributed by atoms with E-state index in [0.717, 1.165) is 25.7 Å². The maximum Gasteiger partial charge on any atom is 0.302 e. The molecule has 86 valence electrons. The Bertz CT molecular complexity index is 225. The van der Waals surface area contributed by atoms with Crippen LogP contribution in [-0.2, 0) is 9.53 Å². The molecular weight excluding hydrogens is 210 g/mol. The molecule has 0 fully saturated rings. The Balaban J connectivity index is 4.01. The van der Waals surface area contributed by atoms with E-state index in [2.05, 4.69) is 12.3 Å². The van der Waals surface area contributed by atoms with Crippen LogP contribution in [0.4, 0.5) is 0 Å². The van der Waals surface area contributed by atoms with Crippen molar-refractivity contribution in [2.24, 2.45) is 0 Å². The van der Waals surface area contributed by atoms with Crippen molar-refractivity contribution in [3.05, 3.63) is 0 Å². The number of carbonyl (C=O) groups excluding carboxylic acids is 1. The lowest BCUT2D eigenvalue weighted by molar-refractivity contribution is -0.145. The van der Waals surface area contributed by atoms with Crippen LogP contribution in [0.1, 0.15) is 46.5 Å². The first-order chi connectivity index (χ1) is 7.11. The molecule has 0 aliphatic rings. The van der Waals surface area contributed by atoms with E-state index in [1.165, 1.54) is 18.7 Å². The van der Waals surface area contributed by atoms with E-state index in [-0.39, 0.29) is 17.3 Å². The van der Waals surface area contributed by atoms with Crippen LogP contribution in [0.2, 0.25) is 0 Å². The molecule has 0 amide bonds. The van der Waals surface area contributed by atoms with Crippen molar-refractivity contribution in [3.8, 4) is 5.40 Å². The fourth-order valence-corrected chi connectivity index (χ4v) is 2.06. The second kappa shape index (κ2) is 8.60. The fraction of sp³-hybridized carbons (Fsp3) is 0.818. The molecule has 0 unspecified atom stereocenters. The summed E-state index contributed by atoms with van der Waals surface area (Å²) in [5, 5.41) is 10.8. The Morgan fingerprint density at radius 1 is 1.53 bits per heavy atom. The van der Waals surface area contributed by atoms with Crippen LogP contribution in [0.5, 0.6) is 0 Å². The maximum atomic E-state index is 10.8. The fourth-order valence-electron chi connectivity index (χ4n) is 1.39. The lowest BCUT2D eigenvalue weighted by Gasteiger charge is -2.20. The number of thiocyanates is 1. The third-order valence-corrected chi connectivity index (χ3v) is 3.20. The van der Waals surface area contributed by atoms with Gasteiger partial charge in [0.25, 0.3) is 0 Å². The molecule has 0 saturated heterocycles. The molecule has 0 aromatic heterocycles. The van der Waals surface area contributed by atoms with Gasteiger partial charge in [-0.15, -0.1) is 0 Å². The van der Waals surface area contributed by atoms with E-state index in [1.807, 2.05) is 6.92 Å². The number of rotatable bonds is 7. The van der Waals surface area contributed by atoms with E-state index >= 15 is 0 Å². The third-order valence-electron chi connectivity index (χ3n) is 2.17. The summed E-state index contributed by atoms with van der Waals surface area (Å²) >= 11 is 1.21. The van der Waals surface area contributed by atoms with Crippen molar-refractivity contribution in [2.45, 2.75) is 57.8 Å². The summed E-state index contributed by atoms with van der Waals surface area (Å²) < 4.78 is 5.08. The third kappa shape index (κ3) is 7.26. The minimum absolute atomic E-state index is 0.102. The predicted octanol–water partition coefficient (Wildman–Crippen LogP) is 3.10. The largest absolute Gasteiger partial charge is 0.462 e. The monoisotopic (exact) mass is 229 g/mol. The highest BCUT2D eigenvalue weighted by molar-refractivity contribution is 8.04. The number of hydrogen-bond donors (Lipinski definition) is 0. The van der Waals surface area contributed by atoms with Crippen LogP contribution in [-0.4, -0.2) is 17.3 Å². The van der Waals surface area contributed by atoms with Gasteiger partial charge in [0.2, 0.25) is 0 Å². The summed E-state index contributed by atoms with van der Waals surface area (Å²) in [5.41, 5.74) is 0. The first-order valence-corrected chi connectivity index (χ1v) is 6.21. The van der Waals surface area contributed by atoms with Gasteiger partial charge in [0.05, 0.1) is 5.25 Å². The molecule has 2 atom stereocenters. The molecular formula is C11H19NO2S. The topological polar surface area (TPSA) is 50.1 Å². The number of thioether (sulfide) groups is 1. The molecule has 4 heteroatoms. The van der Waals surface area contributed by atoms with Crippen molar-refractivity contribution in [1.29, 1.82) is 5.26 Å². The van der Waals surface area contributed by atoms with Gasteiger partial charge in [-0.2, -0.15) is 5.26 Å². The van der Waals surface area contributed by atoms with E-state index in [1.54, 1.807) is 0 Å². The highest BCUT2D eigenvalue weighted by atomic mass is 32.2. The summed E-state index contributed by atoms with van der Waals surface area (Å²) in [6, 6.07) is 0. The Morgan fingerprint density at radius 2 is 2.20 bits per heavy atom. The molecule has 0 spiro atoms. The van der Waals surface area contributed by atoms with Crippen LogP contribution < -0.4 is 0 Å². The molecule has 0 saturated carbocycles. The number of nitrogens with zero attached hydrogens (tertiary/aromatic N) is 1. The highest BCUT2D eigenvalue weighted by Gasteiger charge is 2.20. The molecule has 0 aliphatic carbocycles. The quantitative estimate of drug-likeness (QED) is 0.382. The van der Waals surface area contributed by atoms with E-state index in [9.17, 15) is 4.79 Å². The second-order valence-corrected chi connectivity index (χ2v) is 4.58. The minimum atomic E-state index is -0.276. The SMILES string of the molecule is CCCCC[C@@H](SC#N)[C@H](C)OC(C)=O. The van der Waals surface area contributed by atoms with Crippen molar-refractivity contribution < 1.29 is 9.53 Å². The van der Waals surface area contributed by atoms with Crippen molar-refractivity contribution in [2.75, 3.05) is 0 Å². The molecule has 0 aromatic carbocycles. The smallest absolute Gasteiger partial charge is 0.302 e. The average molecular weight is 229 g/mol. The lowest BCUT2D eigenvalue weighted by Crippen LogP contribution is -2.25. The van der Waals surface area contributed by atoms with Crippen molar-refractivity contribution in [1.82, 2.24) is 0 Å². The number of esters is 1. The molecule has 0 radical (unpaired) electrons. The zero-order chi connectivity index (χ0) is 11.7. The molecule has 3 nitrogen and oxygen atoms in total. The molecule has 15 heavy (non-hydrogen) atoms.